The van der Waals surface area contributed by atoms with Crippen molar-refractivity contribution in [3.05, 3.63) is 42.7 Å². The number of aromatic nitrogens is 2. The van der Waals surface area contributed by atoms with Crippen molar-refractivity contribution < 1.29 is 0 Å². The smallest absolute Gasteiger partial charge is 0.124 e. The average molecular weight is 241 g/mol. The number of benzene rings is 1. The van der Waals surface area contributed by atoms with Gasteiger partial charge in [-0.25, -0.2) is 4.98 Å². The van der Waals surface area contributed by atoms with Crippen LogP contribution in [-0.4, -0.2) is 17.0 Å². The van der Waals surface area contributed by atoms with Crippen LogP contribution in [0.5, 0.6) is 0 Å². The molecule has 0 aliphatic rings. The fourth-order valence-corrected chi connectivity index (χ4v) is 2.62. The molecule has 1 aromatic carbocycles. The number of nitrogens with one attached hydrogen (secondary N) is 1. The fraction of sp³-hybridized carbons (Fsp3) is 0.0769. The second-order valence-electron chi connectivity index (χ2n) is 3.69. The topological polar surface area (TPSA) is 37.8 Å². The molecule has 0 unspecified atom stereocenters. The van der Waals surface area contributed by atoms with E-state index in [0.29, 0.717) is 0 Å². The molecule has 2 aromatic heterocycles. The first-order chi connectivity index (χ1) is 8.36. The summed E-state index contributed by atoms with van der Waals surface area (Å²) in [4.78, 5) is 8.66. The molecule has 1 N–H and O–H groups in total. The molecular weight excluding hydrogens is 230 g/mol. The van der Waals surface area contributed by atoms with Gasteiger partial charge < -0.3 is 5.32 Å². The minimum atomic E-state index is 0.963. The number of pyridine rings is 1. The van der Waals surface area contributed by atoms with Crippen molar-refractivity contribution in [3.63, 3.8) is 0 Å². The van der Waals surface area contributed by atoms with E-state index in [1.54, 1.807) is 23.7 Å². The van der Waals surface area contributed by atoms with Crippen molar-refractivity contribution in [2.75, 3.05) is 12.4 Å². The van der Waals surface area contributed by atoms with Crippen LogP contribution in [0.2, 0.25) is 0 Å². The van der Waals surface area contributed by atoms with Crippen molar-refractivity contribution in [3.8, 4) is 10.6 Å². The van der Waals surface area contributed by atoms with Crippen LogP contribution >= 0.6 is 11.3 Å². The van der Waals surface area contributed by atoms with E-state index < -0.39 is 0 Å². The molecule has 3 rings (SSSR count). The van der Waals surface area contributed by atoms with Gasteiger partial charge in [0.2, 0.25) is 0 Å². The molecule has 0 aliphatic heterocycles. The molecule has 17 heavy (non-hydrogen) atoms. The predicted molar refractivity (Wildman–Crippen MR) is 72.4 cm³/mol. The number of hydrogen-bond acceptors (Lipinski definition) is 4. The molecule has 0 saturated heterocycles. The third kappa shape index (κ3) is 1.87. The number of nitrogens with zero attached hydrogens (tertiary/aromatic N) is 2. The first-order valence-electron chi connectivity index (χ1n) is 5.35. The Balaban J connectivity index is 2.07. The van der Waals surface area contributed by atoms with Gasteiger partial charge in [-0.2, -0.15) is 0 Å². The third-order valence-corrected chi connectivity index (χ3v) is 3.70. The summed E-state index contributed by atoms with van der Waals surface area (Å²) in [7, 11) is 1.92. The van der Waals surface area contributed by atoms with Crippen LogP contribution < -0.4 is 5.32 Å². The summed E-state index contributed by atoms with van der Waals surface area (Å²) in [6, 6.07) is 10.3. The average Bonchev–Trinajstić information content (AvgIpc) is 2.82. The van der Waals surface area contributed by atoms with Crippen molar-refractivity contribution in [2.45, 2.75) is 0 Å². The highest BCUT2D eigenvalue weighted by Crippen LogP contribution is 2.29. The minimum absolute atomic E-state index is 0.963. The van der Waals surface area contributed by atoms with Gasteiger partial charge in [0, 0.05) is 24.5 Å². The molecule has 0 amide bonds. The second kappa shape index (κ2) is 4.14. The molecule has 84 valence electrons. The standard InChI is InChI=1S/C13H11N3S/c1-14-10-4-2-9(3-5-10)13-16-11-8-15-7-6-12(11)17-13/h2-8,14H,1H3. The van der Waals surface area contributed by atoms with Crippen LogP contribution in [0.4, 0.5) is 5.69 Å². The zero-order valence-corrected chi connectivity index (χ0v) is 10.2. The number of fused-ring (bicyclic) bond motifs is 1. The maximum Gasteiger partial charge on any atom is 0.124 e. The van der Waals surface area contributed by atoms with Gasteiger partial charge >= 0.3 is 0 Å². The SMILES string of the molecule is CNc1ccc(-c2nc3cnccc3s2)cc1. The van der Waals surface area contributed by atoms with E-state index >= 15 is 0 Å². The van der Waals surface area contributed by atoms with Crippen LogP contribution in [0, 0.1) is 0 Å². The van der Waals surface area contributed by atoms with Crippen molar-refractivity contribution in [1.29, 1.82) is 0 Å². The normalized spacial score (nSPS) is 10.6. The van der Waals surface area contributed by atoms with Crippen LogP contribution in [0.1, 0.15) is 0 Å². The molecular formula is C13H11N3S. The Hall–Kier alpha value is -1.94. The Labute approximate surface area is 103 Å². The Bertz CT molecular complexity index is 610. The Morgan fingerprint density at radius 3 is 2.65 bits per heavy atom. The fourth-order valence-electron chi connectivity index (χ4n) is 1.68. The Morgan fingerprint density at radius 2 is 1.94 bits per heavy atom. The van der Waals surface area contributed by atoms with E-state index in [-0.39, 0.29) is 0 Å². The molecule has 3 aromatic rings. The lowest BCUT2D eigenvalue weighted by molar-refractivity contribution is 1.34. The lowest BCUT2D eigenvalue weighted by Crippen LogP contribution is -1.86. The van der Waals surface area contributed by atoms with E-state index in [2.05, 4.69) is 39.6 Å². The summed E-state index contributed by atoms with van der Waals surface area (Å²) in [5.74, 6) is 0. The van der Waals surface area contributed by atoms with E-state index in [1.165, 1.54) is 4.70 Å². The molecule has 0 atom stereocenters. The molecule has 0 saturated carbocycles. The lowest BCUT2D eigenvalue weighted by Gasteiger charge is -2.00. The van der Waals surface area contributed by atoms with E-state index in [4.69, 9.17) is 0 Å². The molecule has 0 bridgehead atoms. The van der Waals surface area contributed by atoms with Gasteiger partial charge in [-0.15, -0.1) is 11.3 Å². The summed E-state index contributed by atoms with van der Waals surface area (Å²) < 4.78 is 1.17. The van der Waals surface area contributed by atoms with Crippen molar-refractivity contribution >= 4 is 27.2 Å². The number of rotatable bonds is 2. The summed E-state index contributed by atoms with van der Waals surface area (Å²) in [5.41, 5.74) is 3.21. The first-order valence-corrected chi connectivity index (χ1v) is 6.17. The van der Waals surface area contributed by atoms with Gasteiger partial charge in [0.15, 0.2) is 0 Å². The van der Waals surface area contributed by atoms with Crippen molar-refractivity contribution in [1.82, 2.24) is 9.97 Å². The molecule has 3 nitrogen and oxygen atoms in total. The van der Waals surface area contributed by atoms with Crippen LogP contribution in [0.15, 0.2) is 42.7 Å². The zero-order valence-electron chi connectivity index (χ0n) is 9.34. The highest BCUT2D eigenvalue weighted by molar-refractivity contribution is 7.21. The number of thiazole rings is 1. The van der Waals surface area contributed by atoms with Gasteiger partial charge in [-0.05, 0) is 30.3 Å². The molecule has 0 radical (unpaired) electrons. The zero-order chi connectivity index (χ0) is 11.7. The third-order valence-electron chi connectivity index (χ3n) is 2.61. The number of anilines is 1. The Kier molecular flexibility index (Phi) is 2.49. The highest BCUT2D eigenvalue weighted by Gasteiger charge is 2.05. The van der Waals surface area contributed by atoms with Crippen LogP contribution in [-0.2, 0) is 0 Å². The first kappa shape index (κ1) is 10.2. The molecule has 4 heteroatoms. The quantitative estimate of drug-likeness (QED) is 0.747. The summed E-state index contributed by atoms with van der Waals surface area (Å²) >= 11 is 1.69. The van der Waals surface area contributed by atoms with Crippen LogP contribution in [0.3, 0.4) is 0 Å². The Morgan fingerprint density at radius 1 is 1.12 bits per heavy atom. The van der Waals surface area contributed by atoms with E-state index in [9.17, 15) is 0 Å². The molecule has 0 aliphatic carbocycles. The van der Waals surface area contributed by atoms with Gasteiger partial charge in [0.25, 0.3) is 0 Å². The summed E-state index contributed by atoms with van der Waals surface area (Å²) in [6.07, 6.45) is 3.60. The number of hydrogen-bond donors (Lipinski definition) is 1. The predicted octanol–water partition coefficient (Wildman–Crippen LogP) is 3.40. The second-order valence-corrected chi connectivity index (χ2v) is 4.72. The van der Waals surface area contributed by atoms with Crippen LogP contribution in [0.25, 0.3) is 20.8 Å². The lowest BCUT2D eigenvalue weighted by atomic mass is 10.2. The monoisotopic (exact) mass is 241 g/mol. The van der Waals surface area contributed by atoms with Crippen molar-refractivity contribution in [2.24, 2.45) is 0 Å². The van der Waals surface area contributed by atoms with E-state index in [1.807, 2.05) is 13.1 Å². The highest BCUT2D eigenvalue weighted by atomic mass is 32.1. The van der Waals surface area contributed by atoms with Gasteiger partial charge in [0.05, 0.1) is 10.9 Å². The van der Waals surface area contributed by atoms with Gasteiger partial charge in [0.1, 0.15) is 10.5 Å². The van der Waals surface area contributed by atoms with Gasteiger partial charge in [-0.1, -0.05) is 0 Å². The summed E-state index contributed by atoms with van der Waals surface area (Å²) in [5, 5.41) is 4.14. The molecule has 0 spiro atoms. The maximum absolute atomic E-state index is 4.57. The van der Waals surface area contributed by atoms with E-state index in [0.717, 1.165) is 21.8 Å². The molecule has 2 heterocycles. The molecule has 0 fully saturated rings. The summed E-state index contributed by atoms with van der Waals surface area (Å²) in [6.45, 7) is 0. The minimum Gasteiger partial charge on any atom is -0.388 e. The maximum atomic E-state index is 4.57. The van der Waals surface area contributed by atoms with Gasteiger partial charge in [-0.3, -0.25) is 4.98 Å². The largest absolute Gasteiger partial charge is 0.388 e.